The average molecular weight is 452 g/mol. The maximum Gasteiger partial charge on any atom is 0.494 e. The van der Waals surface area contributed by atoms with Gasteiger partial charge in [-0.25, -0.2) is 0 Å². The van der Waals surface area contributed by atoms with E-state index in [1.807, 2.05) is 27.7 Å². The molecule has 1 atom stereocenters. The van der Waals surface area contributed by atoms with Gasteiger partial charge in [-0.2, -0.15) is 8.42 Å². The predicted octanol–water partition coefficient (Wildman–Crippen LogP) is 2.26. The molecule has 30 heavy (non-hydrogen) atoms. The van der Waals surface area contributed by atoms with E-state index in [1.165, 1.54) is 36.4 Å². The molecule has 0 bridgehead atoms. The molecule has 0 aliphatic carbocycles. The van der Waals surface area contributed by atoms with E-state index in [9.17, 15) is 17.8 Å². The van der Waals surface area contributed by atoms with Crippen LogP contribution < -0.4 is 11.2 Å². The first kappa shape index (κ1) is 22.8. The summed E-state index contributed by atoms with van der Waals surface area (Å²) in [5, 5.41) is 0.337. The fourth-order valence-electron chi connectivity index (χ4n) is 3.41. The minimum absolute atomic E-state index is 0.0138. The maximum absolute atomic E-state index is 12.5. The number of hydrogen-bond donors (Lipinski definition) is 2. The summed E-state index contributed by atoms with van der Waals surface area (Å²) in [7, 11) is -5.67. The molecule has 160 valence electrons. The van der Waals surface area contributed by atoms with Crippen LogP contribution in [0.4, 0.5) is 0 Å². The summed E-state index contributed by atoms with van der Waals surface area (Å²) in [6.45, 7) is 7.66. The maximum atomic E-state index is 12.5. The van der Waals surface area contributed by atoms with E-state index < -0.39 is 39.1 Å². The number of benzene rings is 2. The van der Waals surface area contributed by atoms with Crippen molar-refractivity contribution in [2.45, 2.75) is 43.6 Å². The summed E-state index contributed by atoms with van der Waals surface area (Å²) in [6, 6.07) is 11.5. The lowest BCUT2D eigenvalue weighted by Gasteiger charge is -2.32. The van der Waals surface area contributed by atoms with Crippen molar-refractivity contribution in [3.05, 3.63) is 64.7 Å². The number of primary amides is 1. The first-order valence-corrected chi connectivity index (χ1v) is 11.0. The first-order chi connectivity index (χ1) is 13.7. The molecule has 7 nitrogen and oxygen atoms in total. The highest BCUT2D eigenvalue weighted by atomic mass is 35.5. The van der Waals surface area contributed by atoms with E-state index in [0.29, 0.717) is 10.5 Å². The second-order valence-electron chi connectivity index (χ2n) is 8.24. The van der Waals surface area contributed by atoms with Crippen molar-refractivity contribution in [3.63, 3.8) is 0 Å². The van der Waals surface area contributed by atoms with E-state index in [0.717, 1.165) is 0 Å². The van der Waals surface area contributed by atoms with Gasteiger partial charge in [0, 0.05) is 5.02 Å². The lowest BCUT2D eigenvalue weighted by Crippen LogP contribution is -2.48. The molecule has 0 spiro atoms. The van der Waals surface area contributed by atoms with Crippen molar-refractivity contribution in [3.8, 4) is 0 Å². The number of rotatable bonds is 5. The topological polar surface area (TPSA) is 116 Å². The highest BCUT2D eigenvalue weighted by Gasteiger charge is 2.54. The fraction of sp³-hybridized carbons (Fsp3) is 0.350. The number of carbonyl (C=O) groups excluding carboxylic acids is 1. The SMILES string of the molecule is CC1(C)OB(c2ccc(C(C(N)=O)(c3ccc(Cl)cc3)S(=O)(=O)O)cc2)OC1(C)C. The molecule has 1 heterocycles. The van der Waals surface area contributed by atoms with Gasteiger partial charge in [0.25, 0.3) is 16.0 Å². The second-order valence-corrected chi connectivity index (χ2v) is 10.2. The number of amides is 1. The van der Waals surface area contributed by atoms with Gasteiger partial charge in [-0.1, -0.05) is 48.0 Å². The quantitative estimate of drug-likeness (QED) is 0.532. The van der Waals surface area contributed by atoms with E-state index in [1.54, 1.807) is 12.1 Å². The van der Waals surface area contributed by atoms with Gasteiger partial charge >= 0.3 is 7.12 Å². The Morgan fingerprint density at radius 1 is 0.967 bits per heavy atom. The van der Waals surface area contributed by atoms with E-state index in [4.69, 9.17) is 26.6 Å². The second kappa shape index (κ2) is 7.35. The van der Waals surface area contributed by atoms with E-state index >= 15 is 0 Å². The summed E-state index contributed by atoms with van der Waals surface area (Å²) in [6.07, 6.45) is 0. The van der Waals surface area contributed by atoms with Gasteiger partial charge in [0.1, 0.15) is 0 Å². The van der Waals surface area contributed by atoms with Crippen LogP contribution >= 0.6 is 11.6 Å². The van der Waals surface area contributed by atoms with Crippen LogP contribution in [0, 0.1) is 0 Å². The molecule has 1 fully saturated rings. The van der Waals surface area contributed by atoms with Crippen LogP contribution in [-0.4, -0.2) is 37.2 Å². The predicted molar refractivity (Wildman–Crippen MR) is 115 cm³/mol. The Hall–Kier alpha value is -1.91. The highest BCUT2D eigenvalue weighted by molar-refractivity contribution is 7.87. The Morgan fingerprint density at radius 2 is 1.37 bits per heavy atom. The van der Waals surface area contributed by atoms with E-state index in [2.05, 4.69) is 0 Å². The van der Waals surface area contributed by atoms with Crippen LogP contribution in [0.2, 0.25) is 5.02 Å². The van der Waals surface area contributed by atoms with Crippen molar-refractivity contribution in [2.24, 2.45) is 5.73 Å². The van der Waals surface area contributed by atoms with Crippen molar-refractivity contribution < 1.29 is 27.1 Å². The van der Waals surface area contributed by atoms with Crippen LogP contribution in [0.25, 0.3) is 0 Å². The highest BCUT2D eigenvalue weighted by Crippen LogP contribution is 2.39. The third-order valence-electron chi connectivity index (χ3n) is 5.83. The van der Waals surface area contributed by atoms with Gasteiger partial charge in [0.15, 0.2) is 0 Å². The normalized spacial score (nSPS) is 20.0. The fourth-order valence-corrected chi connectivity index (χ4v) is 4.66. The van der Waals surface area contributed by atoms with Crippen LogP contribution in [-0.2, 0) is 29.0 Å². The summed E-state index contributed by atoms with van der Waals surface area (Å²) in [4.78, 5) is 12.5. The number of carbonyl (C=O) groups is 1. The van der Waals surface area contributed by atoms with Crippen LogP contribution in [0.5, 0.6) is 0 Å². The molecule has 0 saturated carbocycles. The molecular weight excluding hydrogens is 429 g/mol. The Bertz CT molecular complexity index is 1050. The lowest BCUT2D eigenvalue weighted by atomic mass is 9.77. The molecule has 1 amide bonds. The molecule has 2 aromatic carbocycles. The average Bonchev–Trinajstić information content (AvgIpc) is 2.84. The molecule has 1 aliphatic rings. The van der Waals surface area contributed by atoms with Crippen LogP contribution in [0.15, 0.2) is 48.5 Å². The molecule has 1 saturated heterocycles. The summed E-state index contributed by atoms with van der Waals surface area (Å²) in [5.74, 6) is -1.24. The van der Waals surface area contributed by atoms with Crippen LogP contribution in [0.1, 0.15) is 38.8 Å². The molecule has 3 rings (SSSR count). The van der Waals surface area contributed by atoms with Gasteiger partial charge in [-0.05, 0) is 56.4 Å². The molecule has 0 aromatic heterocycles. The Morgan fingerprint density at radius 3 is 1.73 bits per heavy atom. The Labute approximate surface area is 181 Å². The van der Waals surface area contributed by atoms with Gasteiger partial charge in [-0.3, -0.25) is 9.35 Å². The molecule has 1 aliphatic heterocycles. The Balaban J connectivity index is 2.11. The van der Waals surface area contributed by atoms with Gasteiger partial charge < -0.3 is 15.0 Å². The molecule has 1 unspecified atom stereocenters. The third kappa shape index (κ3) is 3.54. The van der Waals surface area contributed by atoms with Crippen molar-refractivity contribution in [1.82, 2.24) is 0 Å². The zero-order valence-electron chi connectivity index (χ0n) is 17.0. The largest absolute Gasteiger partial charge is 0.494 e. The molecular formula is C20H23BClNO6S. The number of hydrogen-bond acceptors (Lipinski definition) is 5. The van der Waals surface area contributed by atoms with E-state index in [-0.39, 0.29) is 11.1 Å². The number of halogens is 1. The molecule has 0 radical (unpaired) electrons. The molecule has 3 N–H and O–H groups in total. The zero-order chi connectivity index (χ0) is 22.5. The first-order valence-electron chi connectivity index (χ1n) is 9.21. The minimum atomic E-state index is -4.99. The number of nitrogens with two attached hydrogens (primary N) is 1. The standard InChI is InChI=1S/C20H23BClNO6S/c1-18(2)19(3,4)29-21(28-18)15-9-5-13(6-10-15)20(17(23)24,30(25,26)27)14-7-11-16(22)12-8-14/h5-12H,1-4H3,(H2,23,24)(H,25,26,27). The van der Waals surface area contributed by atoms with Gasteiger partial charge in [-0.15, -0.1) is 0 Å². The smallest absolute Gasteiger partial charge is 0.399 e. The molecule has 2 aromatic rings. The van der Waals surface area contributed by atoms with Crippen molar-refractivity contribution in [2.75, 3.05) is 0 Å². The lowest BCUT2D eigenvalue weighted by molar-refractivity contribution is -0.119. The summed E-state index contributed by atoms with van der Waals surface area (Å²) >= 11 is 5.89. The zero-order valence-corrected chi connectivity index (χ0v) is 18.6. The third-order valence-corrected chi connectivity index (χ3v) is 7.53. The monoisotopic (exact) mass is 451 g/mol. The van der Waals surface area contributed by atoms with Gasteiger partial charge in [0.05, 0.1) is 11.2 Å². The molecule has 10 heteroatoms. The minimum Gasteiger partial charge on any atom is -0.399 e. The van der Waals surface area contributed by atoms with Crippen molar-refractivity contribution in [1.29, 1.82) is 0 Å². The Kier molecular flexibility index (Phi) is 5.58. The van der Waals surface area contributed by atoms with Crippen molar-refractivity contribution >= 4 is 40.2 Å². The summed E-state index contributed by atoms with van der Waals surface area (Å²) in [5.41, 5.74) is 5.02. The summed E-state index contributed by atoms with van der Waals surface area (Å²) < 4.78 is 44.5. The van der Waals surface area contributed by atoms with Crippen LogP contribution in [0.3, 0.4) is 0 Å². The van der Waals surface area contributed by atoms with Gasteiger partial charge in [0.2, 0.25) is 4.75 Å².